The van der Waals surface area contributed by atoms with Gasteiger partial charge in [-0.25, -0.2) is 0 Å². The fraction of sp³-hybridized carbons (Fsp3) is 0.308. The number of carbonyl (C=O) groups is 3. The Morgan fingerprint density at radius 2 is 1.89 bits per heavy atom. The van der Waals surface area contributed by atoms with Crippen LogP contribution in [0.1, 0.15) is 40.1 Å². The zero-order valence-corrected chi connectivity index (χ0v) is 10.5. The second-order valence-corrected chi connectivity index (χ2v) is 4.12. The van der Waals surface area contributed by atoms with Gasteiger partial charge < -0.3 is 10.4 Å². The molecule has 0 heterocycles. The smallest absolute Gasteiger partial charge is 0.325 e. The van der Waals surface area contributed by atoms with Crippen molar-refractivity contribution in [3.05, 3.63) is 34.9 Å². The monoisotopic (exact) mass is 249 g/mol. The molecule has 0 saturated carbocycles. The van der Waals surface area contributed by atoms with Crippen LogP contribution in [0.2, 0.25) is 0 Å². The number of carboxylic acids is 1. The average Bonchev–Trinajstić information content (AvgIpc) is 2.28. The van der Waals surface area contributed by atoms with E-state index < -0.39 is 17.9 Å². The van der Waals surface area contributed by atoms with Crippen LogP contribution in [0.25, 0.3) is 0 Å². The molecule has 96 valence electrons. The molecule has 0 bridgehead atoms. The average molecular weight is 249 g/mol. The molecule has 0 spiro atoms. The molecule has 1 rings (SSSR count). The second kappa shape index (κ2) is 5.44. The van der Waals surface area contributed by atoms with E-state index >= 15 is 0 Å². The van der Waals surface area contributed by atoms with Gasteiger partial charge in [-0.2, -0.15) is 0 Å². The van der Waals surface area contributed by atoms with E-state index in [-0.39, 0.29) is 11.3 Å². The summed E-state index contributed by atoms with van der Waals surface area (Å²) in [6.07, 6.45) is 0. The number of nitrogens with one attached hydrogen (secondary N) is 1. The fourth-order valence-electron chi connectivity index (χ4n) is 1.48. The lowest BCUT2D eigenvalue weighted by Crippen LogP contribution is -2.38. The van der Waals surface area contributed by atoms with E-state index in [0.717, 1.165) is 5.56 Å². The summed E-state index contributed by atoms with van der Waals surface area (Å²) in [5.41, 5.74) is 1.52. The van der Waals surface area contributed by atoms with Crippen LogP contribution in [0.5, 0.6) is 0 Å². The third kappa shape index (κ3) is 3.16. The molecule has 0 aliphatic rings. The van der Waals surface area contributed by atoms with Gasteiger partial charge in [-0.3, -0.25) is 14.4 Å². The zero-order valence-electron chi connectivity index (χ0n) is 10.5. The molecule has 1 aromatic carbocycles. The molecule has 1 aromatic rings. The van der Waals surface area contributed by atoms with Gasteiger partial charge in [0.25, 0.3) is 5.91 Å². The standard InChI is InChI=1S/C13H15NO4/c1-7-4-5-10(6-11(7)9(3)15)12(16)14-8(2)13(17)18/h4-6,8H,1-3H3,(H,14,16)(H,17,18)/t8-/m1/s1. The predicted octanol–water partition coefficient (Wildman–Crippen LogP) is 1.40. The highest BCUT2D eigenvalue weighted by atomic mass is 16.4. The van der Waals surface area contributed by atoms with E-state index in [1.165, 1.54) is 19.9 Å². The van der Waals surface area contributed by atoms with Crippen molar-refractivity contribution in [2.75, 3.05) is 0 Å². The lowest BCUT2D eigenvalue weighted by Gasteiger charge is -2.10. The minimum Gasteiger partial charge on any atom is -0.480 e. The van der Waals surface area contributed by atoms with Gasteiger partial charge >= 0.3 is 5.97 Å². The van der Waals surface area contributed by atoms with Crippen LogP contribution in [0.3, 0.4) is 0 Å². The molecular formula is C13H15NO4. The quantitative estimate of drug-likeness (QED) is 0.790. The Bertz CT molecular complexity index is 508. The van der Waals surface area contributed by atoms with E-state index in [4.69, 9.17) is 5.11 Å². The Morgan fingerprint density at radius 1 is 1.28 bits per heavy atom. The minimum absolute atomic E-state index is 0.131. The molecular weight excluding hydrogens is 234 g/mol. The highest BCUT2D eigenvalue weighted by Gasteiger charge is 2.16. The van der Waals surface area contributed by atoms with Crippen molar-refractivity contribution in [1.29, 1.82) is 0 Å². The Balaban J connectivity index is 2.97. The third-order valence-electron chi connectivity index (χ3n) is 2.60. The lowest BCUT2D eigenvalue weighted by atomic mass is 10.0. The van der Waals surface area contributed by atoms with E-state index in [1.807, 2.05) is 0 Å². The predicted molar refractivity (Wildman–Crippen MR) is 65.7 cm³/mol. The van der Waals surface area contributed by atoms with Crippen LogP contribution >= 0.6 is 0 Å². The number of benzene rings is 1. The molecule has 2 N–H and O–H groups in total. The summed E-state index contributed by atoms with van der Waals surface area (Å²) < 4.78 is 0. The normalized spacial score (nSPS) is 11.7. The second-order valence-electron chi connectivity index (χ2n) is 4.12. The van der Waals surface area contributed by atoms with E-state index in [0.29, 0.717) is 5.56 Å². The van der Waals surface area contributed by atoms with Crippen LogP contribution in [0.15, 0.2) is 18.2 Å². The summed E-state index contributed by atoms with van der Waals surface area (Å²) in [6, 6.07) is 3.73. The van der Waals surface area contributed by atoms with Crippen molar-refractivity contribution in [1.82, 2.24) is 5.32 Å². The summed E-state index contributed by atoms with van der Waals surface area (Å²) in [5, 5.41) is 11.0. The van der Waals surface area contributed by atoms with Crippen molar-refractivity contribution in [2.45, 2.75) is 26.8 Å². The molecule has 5 nitrogen and oxygen atoms in total. The van der Waals surface area contributed by atoms with Crippen molar-refractivity contribution < 1.29 is 19.5 Å². The summed E-state index contributed by atoms with van der Waals surface area (Å²) in [7, 11) is 0. The molecule has 0 saturated heterocycles. The maximum absolute atomic E-state index is 11.8. The van der Waals surface area contributed by atoms with Crippen molar-refractivity contribution in [2.24, 2.45) is 0 Å². The van der Waals surface area contributed by atoms with Gasteiger partial charge in [-0.05, 0) is 38.5 Å². The zero-order chi connectivity index (χ0) is 13.9. The number of aliphatic carboxylic acids is 1. The number of carbonyl (C=O) groups excluding carboxylic acids is 2. The first kappa shape index (κ1) is 13.9. The van der Waals surface area contributed by atoms with Crippen LogP contribution in [0.4, 0.5) is 0 Å². The van der Waals surface area contributed by atoms with Gasteiger partial charge in [0.15, 0.2) is 5.78 Å². The highest BCUT2D eigenvalue weighted by molar-refractivity contribution is 6.01. The molecule has 0 aliphatic carbocycles. The summed E-state index contributed by atoms with van der Waals surface area (Å²) in [6.45, 7) is 4.57. The molecule has 0 radical (unpaired) electrons. The van der Waals surface area contributed by atoms with E-state index in [2.05, 4.69) is 5.32 Å². The Hall–Kier alpha value is -2.17. The number of amides is 1. The van der Waals surface area contributed by atoms with Crippen LogP contribution in [0, 0.1) is 6.92 Å². The Morgan fingerprint density at radius 3 is 2.39 bits per heavy atom. The molecule has 18 heavy (non-hydrogen) atoms. The van der Waals surface area contributed by atoms with Gasteiger partial charge in [0.2, 0.25) is 0 Å². The van der Waals surface area contributed by atoms with Crippen LogP contribution < -0.4 is 5.32 Å². The Labute approximate surface area is 105 Å². The first-order valence-corrected chi connectivity index (χ1v) is 5.48. The molecule has 0 fully saturated rings. The first-order valence-electron chi connectivity index (χ1n) is 5.48. The largest absolute Gasteiger partial charge is 0.480 e. The summed E-state index contributed by atoms with van der Waals surface area (Å²) >= 11 is 0. The third-order valence-corrected chi connectivity index (χ3v) is 2.60. The van der Waals surface area contributed by atoms with Crippen molar-refractivity contribution >= 4 is 17.7 Å². The van der Waals surface area contributed by atoms with Crippen molar-refractivity contribution in [3.63, 3.8) is 0 Å². The minimum atomic E-state index is -1.11. The van der Waals surface area contributed by atoms with Gasteiger partial charge in [0.05, 0.1) is 0 Å². The molecule has 1 atom stereocenters. The molecule has 0 unspecified atom stereocenters. The van der Waals surface area contributed by atoms with Crippen molar-refractivity contribution in [3.8, 4) is 0 Å². The maximum Gasteiger partial charge on any atom is 0.325 e. The maximum atomic E-state index is 11.8. The van der Waals surface area contributed by atoms with Gasteiger partial charge in [0, 0.05) is 11.1 Å². The number of Topliss-reactive ketones (excluding diaryl/α,β-unsaturated/α-hetero) is 1. The van der Waals surface area contributed by atoms with Crippen LogP contribution in [-0.2, 0) is 4.79 Å². The summed E-state index contributed by atoms with van der Waals surface area (Å²) in [4.78, 5) is 33.7. The topological polar surface area (TPSA) is 83.5 Å². The highest BCUT2D eigenvalue weighted by Crippen LogP contribution is 2.12. The lowest BCUT2D eigenvalue weighted by molar-refractivity contribution is -0.138. The van der Waals surface area contributed by atoms with Crippen LogP contribution in [-0.4, -0.2) is 28.8 Å². The van der Waals surface area contributed by atoms with Gasteiger partial charge in [-0.15, -0.1) is 0 Å². The number of aryl methyl sites for hydroxylation is 1. The Kier molecular flexibility index (Phi) is 4.20. The molecule has 1 amide bonds. The summed E-state index contributed by atoms with van der Waals surface area (Å²) in [5.74, 6) is -1.75. The number of carboxylic acid groups (broad SMARTS) is 1. The number of hydrogen-bond acceptors (Lipinski definition) is 3. The molecule has 5 heteroatoms. The first-order chi connectivity index (χ1) is 8.32. The number of ketones is 1. The van der Waals surface area contributed by atoms with Gasteiger partial charge in [0.1, 0.15) is 6.04 Å². The number of hydrogen-bond donors (Lipinski definition) is 2. The molecule has 0 aromatic heterocycles. The van der Waals surface area contributed by atoms with Gasteiger partial charge in [-0.1, -0.05) is 6.07 Å². The van der Waals surface area contributed by atoms with E-state index in [9.17, 15) is 14.4 Å². The fourth-order valence-corrected chi connectivity index (χ4v) is 1.48. The SMILES string of the molecule is CC(=O)c1cc(C(=O)N[C@H](C)C(=O)O)ccc1C. The van der Waals surface area contributed by atoms with E-state index in [1.54, 1.807) is 19.1 Å². The molecule has 0 aliphatic heterocycles. The number of rotatable bonds is 4.